The van der Waals surface area contributed by atoms with Crippen molar-refractivity contribution in [2.45, 2.75) is 65.0 Å². The lowest BCUT2D eigenvalue weighted by Gasteiger charge is -2.23. The van der Waals surface area contributed by atoms with Crippen LogP contribution in [0.4, 0.5) is 0 Å². The third-order valence-electron chi connectivity index (χ3n) is 4.08. The predicted octanol–water partition coefficient (Wildman–Crippen LogP) is 3.00. The van der Waals surface area contributed by atoms with Crippen molar-refractivity contribution >= 4 is 5.91 Å². The van der Waals surface area contributed by atoms with Crippen molar-refractivity contribution < 1.29 is 9.21 Å². The molecule has 2 N–H and O–H groups in total. The Morgan fingerprint density at radius 3 is 2.65 bits per heavy atom. The van der Waals surface area contributed by atoms with Crippen molar-refractivity contribution in [3.63, 3.8) is 0 Å². The van der Waals surface area contributed by atoms with Gasteiger partial charge in [0.25, 0.3) is 0 Å². The molecule has 0 spiro atoms. The molecule has 20 heavy (non-hydrogen) atoms. The summed E-state index contributed by atoms with van der Waals surface area (Å²) in [6.45, 7) is 6.33. The largest absolute Gasteiger partial charge is 0.466 e. The molecule has 0 saturated heterocycles. The molecule has 2 rings (SSSR count). The number of carbonyl (C=O) groups excluding carboxylic acids is 1. The van der Waals surface area contributed by atoms with Crippen LogP contribution in [0.1, 0.15) is 62.2 Å². The quantitative estimate of drug-likeness (QED) is 0.870. The lowest BCUT2D eigenvalue weighted by molar-refractivity contribution is -0.121. The van der Waals surface area contributed by atoms with E-state index in [1.54, 1.807) is 0 Å². The van der Waals surface area contributed by atoms with Crippen molar-refractivity contribution in [2.24, 2.45) is 0 Å². The fraction of sp³-hybridized carbons (Fsp3) is 0.688. The first-order chi connectivity index (χ1) is 9.56. The van der Waals surface area contributed by atoms with Gasteiger partial charge in [0.15, 0.2) is 0 Å². The van der Waals surface area contributed by atoms with Crippen LogP contribution >= 0.6 is 0 Å². The summed E-state index contributed by atoms with van der Waals surface area (Å²) in [5.74, 6) is 1.94. The molecule has 1 amide bonds. The first-order valence-corrected chi connectivity index (χ1v) is 7.66. The summed E-state index contributed by atoms with van der Waals surface area (Å²) >= 11 is 0. The fourth-order valence-electron chi connectivity index (χ4n) is 2.96. The van der Waals surface area contributed by atoms with Crippen LogP contribution in [-0.4, -0.2) is 18.5 Å². The topological polar surface area (TPSA) is 54.3 Å². The van der Waals surface area contributed by atoms with E-state index in [0.29, 0.717) is 12.6 Å². The Morgan fingerprint density at radius 2 is 2.05 bits per heavy atom. The Labute approximate surface area is 121 Å². The van der Waals surface area contributed by atoms with Gasteiger partial charge in [-0.1, -0.05) is 19.3 Å². The van der Waals surface area contributed by atoms with Crippen LogP contribution < -0.4 is 10.6 Å². The fourth-order valence-corrected chi connectivity index (χ4v) is 2.96. The Balaban J connectivity index is 1.76. The van der Waals surface area contributed by atoms with Crippen LogP contribution in [0.5, 0.6) is 0 Å². The van der Waals surface area contributed by atoms with Crippen LogP contribution in [0, 0.1) is 13.8 Å². The third kappa shape index (κ3) is 4.10. The van der Waals surface area contributed by atoms with E-state index in [0.717, 1.165) is 29.9 Å². The number of carbonyl (C=O) groups is 1. The normalized spacial score (nSPS) is 17.9. The molecule has 0 aromatic carbocycles. The van der Waals surface area contributed by atoms with Gasteiger partial charge in [-0.05, 0) is 39.7 Å². The number of amides is 1. The van der Waals surface area contributed by atoms with Gasteiger partial charge in [-0.3, -0.25) is 4.79 Å². The minimum absolute atomic E-state index is 0.0987. The van der Waals surface area contributed by atoms with Crippen LogP contribution in [0.25, 0.3) is 0 Å². The molecule has 1 heterocycles. The van der Waals surface area contributed by atoms with Gasteiger partial charge < -0.3 is 15.1 Å². The average molecular weight is 278 g/mol. The van der Waals surface area contributed by atoms with E-state index in [1.807, 2.05) is 19.9 Å². The summed E-state index contributed by atoms with van der Waals surface area (Å²) in [4.78, 5) is 11.9. The smallest absolute Gasteiger partial charge is 0.234 e. The molecule has 1 aromatic rings. The van der Waals surface area contributed by atoms with Crippen molar-refractivity contribution in [3.8, 4) is 0 Å². The van der Waals surface area contributed by atoms with E-state index in [4.69, 9.17) is 4.42 Å². The van der Waals surface area contributed by atoms with Crippen LogP contribution in [0.2, 0.25) is 0 Å². The first-order valence-electron chi connectivity index (χ1n) is 7.66. The molecule has 0 radical (unpaired) electrons. The van der Waals surface area contributed by atoms with Crippen molar-refractivity contribution in [1.82, 2.24) is 10.6 Å². The number of aryl methyl sites for hydroxylation is 2. The second kappa shape index (κ2) is 6.93. The lowest BCUT2D eigenvalue weighted by atomic mass is 9.95. The summed E-state index contributed by atoms with van der Waals surface area (Å²) in [6.07, 6.45) is 6.04. The van der Waals surface area contributed by atoms with Crippen molar-refractivity contribution in [1.29, 1.82) is 0 Å². The monoisotopic (exact) mass is 278 g/mol. The highest BCUT2D eigenvalue weighted by atomic mass is 16.3. The van der Waals surface area contributed by atoms with Crippen LogP contribution in [0.15, 0.2) is 10.5 Å². The van der Waals surface area contributed by atoms with E-state index >= 15 is 0 Å². The summed E-state index contributed by atoms with van der Waals surface area (Å²) in [5.41, 5.74) is 1.13. The molecule has 4 heteroatoms. The van der Waals surface area contributed by atoms with Gasteiger partial charge in [0.2, 0.25) is 5.91 Å². The molecule has 1 unspecified atom stereocenters. The summed E-state index contributed by atoms with van der Waals surface area (Å²) in [5, 5.41) is 6.39. The summed E-state index contributed by atoms with van der Waals surface area (Å²) in [6, 6.07) is 2.54. The molecule has 1 aromatic heterocycles. The molecule has 1 saturated carbocycles. The highest BCUT2D eigenvalue weighted by molar-refractivity contribution is 5.78. The van der Waals surface area contributed by atoms with Gasteiger partial charge in [0, 0.05) is 17.6 Å². The maximum Gasteiger partial charge on any atom is 0.234 e. The van der Waals surface area contributed by atoms with Crippen LogP contribution in [-0.2, 0) is 4.79 Å². The zero-order valence-electron chi connectivity index (χ0n) is 12.8. The Bertz CT molecular complexity index is 447. The molecule has 1 aliphatic rings. The highest BCUT2D eigenvalue weighted by Crippen LogP contribution is 2.21. The van der Waals surface area contributed by atoms with Gasteiger partial charge in [0.05, 0.1) is 6.54 Å². The second-order valence-electron chi connectivity index (χ2n) is 5.87. The minimum Gasteiger partial charge on any atom is -0.466 e. The van der Waals surface area contributed by atoms with Crippen molar-refractivity contribution in [3.05, 3.63) is 23.2 Å². The minimum atomic E-state index is 0.0987. The summed E-state index contributed by atoms with van der Waals surface area (Å²) < 4.78 is 5.52. The Hall–Kier alpha value is -1.29. The molecule has 1 atom stereocenters. The van der Waals surface area contributed by atoms with E-state index in [1.165, 1.54) is 19.3 Å². The van der Waals surface area contributed by atoms with Gasteiger partial charge in [-0.25, -0.2) is 0 Å². The molecule has 4 nitrogen and oxygen atoms in total. The second-order valence-corrected chi connectivity index (χ2v) is 5.87. The molecule has 1 aliphatic carbocycles. The number of hydrogen-bond acceptors (Lipinski definition) is 3. The van der Waals surface area contributed by atoms with E-state index < -0.39 is 0 Å². The molecular formula is C16H26N2O2. The van der Waals surface area contributed by atoms with Gasteiger partial charge in [-0.15, -0.1) is 0 Å². The molecule has 0 aliphatic heterocycles. The SMILES string of the molecule is Cc1cc(C(C)NCC(=O)NC2CCCCC2)c(C)o1. The zero-order valence-corrected chi connectivity index (χ0v) is 12.8. The third-order valence-corrected chi connectivity index (χ3v) is 4.08. The molecule has 0 bridgehead atoms. The number of furan rings is 1. The zero-order chi connectivity index (χ0) is 14.5. The average Bonchev–Trinajstić information content (AvgIpc) is 2.76. The van der Waals surface area contributed by atoms with Gasteiger partial charge >= 0.3 is 0 Å². The molecular weight excluding hydrogens is 252 g/mol. The highest BCUT2D eigenvalue weighted by Gasteiger charge is 2.17. The number of hydrogen-bond donors (Lipinski definition) is 2. The van der Waals surface area contributed by atoms with Gasteiger partial charge in [0.1, 0.15) is 11.5 Å². The standard InChI is InChI=1S/C16H26N2O2/c1-11-9-15(13(3)20-11)12(2)17-10-16(19)18-14-7-5-4-6-8-14/h9,12,14,17H,4-8,10H2,1-3H3,(H,18,19). The van der Waals surface area contributed by atoms with Crippen molar-refractivity contribution in [2.75, 3.05) is 6.54 Å². The van der Waals surface area contributed by atoms with Gasteiger partial charge in [-0.2, -0.15) is 0 Å². The maximum atomic E-state index is 11.9. The Kier molecular flexibility index (Phi) is 5.24. The molecule has 1 fully saturated rings. The maximum absolute atomic E-state index is 11.9. The first kappa shape index (κ1) is 15.1. The van der Waals surface area contributed by atoms with E-state index in [2.05, 4.69) is 17.6 Å². The number of rotatable bonds is 5. The summed E-state index contributed by atoms with van der Waals surface area (Å²) in [7, 11) is 0. The Morgan fingerprint density at radius 1 is 1.35 bits per heavy atom. The van der Waals surface area contributed by atoms with E-state index in [9.17, 15) is 4.79 Å². The lowest BCUT2D eigenvalue weighted by Crippen LogP contribution is -2.41. The van der Waals surface area contributed by atoms with E-state index in [-0.39, 0.29) is 11.9 Å². The number of nitrogens with one attached hydrogen (secondary N) is 2. The predicted molar refractivity (Wildman–Crippen MR) is 79.6 cm³/mol. The molecule has 112 valence electrons. The van der Waals surface area contributed by atoms with Crippen LogP contribution in [0.3, 0.4) is 0 Å².